The third-order valence-corrected chi connectivity index (χ3v) is 3.36. The minimum atomic E-state index is 0.199. The highest BCUT2D eigenvalue weighted by molar-refractivity contribution is 5.87. The van der Waals surface area contributed by atoms with Crippen molar-refractivity contribution >= 4 is 10.8 Å². The monoisotopic (exact) mass is 226 g/mol. The second-order valence-corrected chi connectivity index (χ2v) is 6.19. The van der Waals surface area contributed by atoms with Crippen molar-refractivity contribution in [2.24, 2.45) is 0 Å². The van der Waals surface area contributed by atoms with E-state index < -0.39 is 0 Å². The Bertz CT molecular complexity index is 527. The van der Waals surface area contributed by atoms with Crippen molar-refractivity contribution in [3.8, 4) is 0 Å². The molecule has 0 nitrogen and oxygen atoms in total. The summed E-state index contributed by atoms with van der Waals surface area (Å²) in [5.41, 5.74) is 3.10. The summed E-state index contributed by atoms with van der Waals surface area (Å²) in [5, 5.41) is 2.76. The van der Waals surface area contributed by atoms with Gasteiger partial charge in [-0.15, -0.1) is 0 Å². The Hall–Kier alpha value is -1.30. The van der Waals surface area contributed by atoms with Crippen molar-refractivity contribution in [2.45, 2.75) is 46.0 Å². The van der Waals surface area contributed by atoms with Crippen LogP contribution in [0.3, 0.4) is 0 Å². The van der Waals surface area contributed by atoms with Gasteiger partial charge in [-0.25, -0.2) is 0 Å². The van der Waals surface area contributed by atoms with E-state index in [0.717, 1.165) is 0 Å². The van der Waals surface area contributed by atoms with E-state index >= 15 is 0 Å². The van der Waals surface area contributed by atoms with Gasteiger partial charge < -0.3 is 0 Å². The van der Waals surface area contributed by atoms with Crippen LogP contribution < -0.4 is 0 Å². The first-order valence-corrected chi connectivity index (χ1v) is 6.43. The van der Waals surface area contributed by atoms with Crippen LogP contribution in [-0.2, 0) is 5.41 Å². The molecule has 0 saturated heterocycles. The van der Waals surface area contributed by atoms with E-state index in [-0.39, 0.29) is 5.41 Å². The molecule has 0 aliphatic carbocycles. The third kappa shape index (κ3) is 2.36. The smallest absolute Gasteiger partial charge is 0.0126 e. The van der Waals surface area contributed by atoms with Crippen molar-refractivity contribution in [1.82, 2.24) is 0 Å². The molecule has 0 aliphatic heterocycles. The van der Waals surface area contributed by atoms with E-state index in [4.69, 9.17) is 0 Å². The SMILES string of the molecule is CC(C)c1cc(C(C)(C)C)c2ccccc2c1. The molecule has 0 spiro atoms. The maximum Gasteiger partial charge on any atom is -0.0126 e. The van der Waals surface area contributed by atoms with Gasteiger partial charge >= 0.3 is 0 Å². The fraction of sp³-hybridized carbons (Fsp3) is 0.412. The average molecular weight is 226 g/mol. The highest BCUT2D eigenvalue weighted by atomic mass is 14.2. The first-order chi connectivity index (χ1) is 7.89. The zero-order valence-electron chi connectivity index (χ0n) is 11.5. The molecule has 0 aliphatic rings. The summed E-state index contributed by atoms with van der Waals surface area (Å²) in [4.78, 5) is 0. The molecule has 17 heavy (non-hydrogen) atoms. The van der Waals surface area contributed by atoms with Crippen molar-refractivity contribution < 1.29 is 0 Å². The molecule has 0 aromatic heterocycles. The second-order valence-electron chi connectivity index (χ2n) is 6.19. The van der Waals surface area contributed by atoms with Crippen LogP contribution in [0.1, 0.15) is 51.7 Å². The number of fused-ring (bicyclic) bond motifs is 1. The number of hydrogen-bond donors (Lipinski definition) is 0. The van der Waals surface area contributed by atoms with E-state index in [2.05, 4.69) is 71.0 Å². The van der Waals surface area contributed by atoms with Gasteiger partial charge in [0, 0.05) is 0 Å². The summed E-state index contributed by atoms with van der Waals surface area (Å²) < 4.78 is 0. The Kier molecular flexibility index (Phi) is 2.99. The molecule has 0 radical (unpaired) electrons. The quantitative estimate of drug-likeness (QED) is 0.622. The topological polar surface area (TPSA) is 0 Å². The van der Waals surface area contributed by atoms with Gasteiger partial charge in [0.05, 0.1) is 0 Å². The lowest BCUT2D eigenvalue weighted by Crippen LogP contribution is -2.12. The lowest BCUT2D eigenvalue weighted by Gasteiger charge is -2.23. The van der Waals surface area contributed by atoms with Crippen LogP contribution in [0.2, 0.25) is 0 Å². The lowest BCUT2D eigenvalue weighted by atomic mass is 9.81. The molecule has 2 rings (SSSR count). The molecule has 2 aromatic carbocycles. The van der Waals surface area contributed by atoms with Crippen LogP contribution in [0.4, 0.5) is 0 Å². The zero-order chi connectivity index (χ0) is 12.6. The van der Waals surface area contributed by atoms with Crippen LogP contribution in [-0.4, -0.2) is 0 Å². The van der Waals surface area contributed by atoms with Gasteiger partial charge in [0.25, 0.3) is 0 Å². The predicted octanol–water partition coefficient (Wildman–Crippen LogP) is 5.26. The number of benzene rings is 2. The summed E-state index contributed by atoms with van der Waals surface area (Å²) in [6, 6.07) is 13.4. The Labute approximate surface area is 105 Å². The Morgan fingerprint density at radius 3 is 2.18 bits per heavy atom. The van der Waals surface area contributed by atoms with Gasteiger partial charge in [0.1, 0.15) is 0 Å². The largest absolute Gasteiger partial charge is 0.0616 e. The van der Waals surface area contributed by atoms with Crippen molar-refractivity contribution in [3.05, 3.63) is 47.5 Å². The summed E-state index contributed by atoms with van der Waals surface area (Å²) in [5.74, 6) is 0.584. The molecule has 0 bridgehead atoms. The molecular formula is C17H22. The van der Waals surface area contributed by atoms with Gasteiger partial charge in [0.2, 0.25) is 0 Å². The molecule has 0 fully saturated rings. The van der Waals surface area contributed by atoms with Gasteiger partial charge in [-0.3, -0.25) is 0 Å². The first-order valence-electron chi connectivity index (χ1n) is 6.43. The van der Waals surface area contributed by atoms with Gasteiger partial charge in [-0.05, 0) is 33.2 Å². The van der Waals surface area contributed by atoms with E-state index in [1.807, 2.05) is 0 Å². The highest BCUT2D eigenvalue weighted by Crippen LogP contribution is 2.33. The van der Waals surface area contributed by atoms with Crippen molar-refractivity contribution in [3.63, 3.8) is 0 Å². The molecule has 90 valence electrons. The Balaban J connectivity index is 2.79. The van der Waals surface area contributed by atoms with Gasteiger partial charge in [0.15, 0.2) is 0 Å². The first kappa shape index (κ1) is 12.2. The third-order valence-electron chi connectivity index (χ3n) is 3.36. The summed E-state index contributed by atoms with van der Waals surface area (Å²) >= 11 is 0. The lowest BCUT2D eigenvalue weighted by molar-refractivity contribution is 0.594. The van der Waals surface area contributed by atoms with Crippen LogP contribution in [0, 0.1) is 0 Å². The van der Waals surface area contributed by atoms with E-state index in [0.29, 0.717) is 5.92 Å². The molecular weight excluding hydrogens is 204 g/mol. The van der Waals surface area contributed by atoms with Crippen molar-refractivity contribution in [1.29, 1.82) is 0 Å². The van der Waals surface area contributed by atoms with Crippen LogP contribution in [0.15, 0.2) is 36.4 Å². The molecule has 0 amide bonds. The van der Waals surface area contributed by atoms with E-state index in [1.54, 1.807) is 0 Å². The molecule has 0 heterocycles. The molecule has 0 saturated carbocycles. The fourth-order valence-corrected chi connectivity index (χ4v) is 2.29. The van der Waals surface area contributed by atoms with Gasteiger partial charge in [-0.2, -0.15) is 0 Å². The van der Waals surface area contributed by atoms with Crippen LogP contribution in [0.25, 0.3) is 10.8 Å². The van der Waals surface area contributed by atoms with Crippen LogP contribution in [0.5, 0.6) is 0 Å². The standard InChI is InChI=1S/C17H22/c1-12(2)14-10-13-8-6-7-9-15(13)16(11-14)17(3,4)5/h6-12H,1-5H3. The van der Waals surface area contributed by atoms with E-state index in [1.165, 1.54) is 21.9 Å². The molecule has 0 N–H and O–H groups in total. The Morgan fingerprint density at radius 2 is 1.59 bits per heavy atom. The average Bonchev–Trinajstić information content (AvgIpc) is 2.26. The van der Waals surface area contributed by atoms with E-state index in [9.17, 15) is 0 Å². The Morgan fingerprint density at radius 1 is 0.941 bits per heavy atom. The maximum absolute atomic E-state index is 2.38. The predicted molar refractivity (Wildman–Crippen MR) is 76.7 cm³/mol. The molecule has 0 unspecified atom stereocenters. The highest BCUT2D eigenvalue weighted by Gasteiger charge is 2.18. The molecule has 0 heteroatoms. The van der Waals surface area contributed by atoms with Gasteiger partial charge in [-0.1, -0.05) is 71.0 Å². The zero-order valence-corrected chi connectivity index (χ0v) is 11.5. The number of rotatable bonds is 1. The summed E-state index contributed by atoms with van der Waals surface area (Å²) in [6.07, 6.45) is 0. The minimum absolute atomic E-state index is 0.199. The van der Waals surface area contributed by atoms with Crippen molar-refractivity contribution in [2.75, 3.05) is 0 Å². The molecule has 2 aromatic rings. The summed E-state index contributed by atoms with van der Waals surface area (Å²) in [6.45, 7) is 11.4. The summed E-state index contributed by atoms with van der Waals surface area (Å²) in [7, 11) is 0. The van der Waals surface area contributed by atoms with Crippen LogP contribution >= 0.6 is 0 Å². The fourth-order valence-electron chi connectivity index (χ4n) is 2.29. The second kappa shape index (κ2) is 4.18. The number of hydrogen-bond acceptors (Lipinski definition) is 0. The normalized spacial score (nSPS) is 12.4. The molecule has 0 atom stereocenters. The maximum atomic E-state index is 2.38. The minimum Gasteiger partial charge on any atom is -0.0616 e.